The lowest BCUT2D eigenvalue weighted by Crippen LogP contribution is -2.25. The van der Waals surface area contributed by atoms with E-state index in [0.29, 0.717) is 23.0 Å². The fourth-order valence-corrected chi connectivity index (χ4v) is 2.09. The van der Waals surface area contributed by atoms with Crippen LogP contribution in [-0.2, 0) is 7.05 Å². The number of nitrogens with zero attached hydrogens (tertiary/aromatic N) is 1. The Kier molecular flexibility index (Phi) is 3.48. The molecule has 1 heterocycles. The van der Waals surface area contributed by atoms with Crippen LogP contribution in [0.25, 0.3) is 0 Å². The average molecular weight is 283 g/mol. The van der Waals surface area contributed by atoms with Crippen LogP contribution in [0.1, 0.15) is 33.7 Å². The van der Waals surface area contributed by atoms with Gasteiger partial charge in [-0.2, -0.15) is 0 Å². The summed E-state index contributed by atoms with van der Waals surface area (Å²) in [6.07, 6.45) is 3.95. The number of rotatable bonds is 4. The van der Waals surface area contributed by atoms with Gasteiger partial charge >= 0.3 is 0 Å². The molecule has 2 aromatic rings. The Morgan fingerprint density at radius 1 is 1.10 bits per heavy atom. The molecule has 0 saturated heterocycles. The molecule has 1 aromatic carbocycles. The highest BCUT2D eigenvalue weighted by Crippen LogP contribution is 2.19. The molecule has 5 heteroatoms. The standard InChI is InChI=1S/C16H17N3O2/c1-19-10-2-3-14(19)16(21)18-12-6-4-11(5-7-12)15(20)17-13-8-9-13/h2-7,10,13H,8-9H2,1H3,(H,17,20)(H,18,21). The van der Waals surface area contributed by atoms with Crippen LogP contribution < -0.4 is 10.6 Å². The number of aryl methyl sites for hydroxylation is 1. The number of amides is 2. The van der Waals surface area contributed by atoms with Crippen molar-refractivity contribution >= 4 is 17.5 Å². The maximum Gasteiger partial charge on any atom is 0.272 e. The van der Waals surface area contributed by atoms with E-state index >= 15 is 0 Å². The Morgan fingerprint density at radius 3 is 2.38 bits per heavy atom. The predicted octanol–water partition coefficient (Wildman–Crippen LogP) is 2.17. The molecule has 1 saturated carbocycles. The molecule has 2 N–H and O–H groups in total. The van der Waals surface area contributed by atoms with Crippen molar-refractivity contribution in [2.24, 2.45) is 7.05 Å². The maximum absolute atomic E-state index is 12.1. The smallest absolute Gasteiger partial charge is 0.272 e. The van der Waals surface area contributed by atoms with Crippen LogP contribution in [0.15, 0.2) is 42.6 Å². The van der Waals surface area contributed by atoms with Gasteiger partial charge in [0.25, 0.3) is 11.8 Å². The Labute approximate surface area is 123 Å². The van der Waals surface area contributed by atoms with Gasteiger partial charge in [-0.05, 0) is 49.2 Å². The van der Waals surface area contributed by atoms with E-state index in [2.05, 4.69) is 10.6 Å². The van der Waals surface area contributed by atoms with Gasteiger partial charge in [0.05, 0.1) is 0 Å². The number of carbonyl (C=O) groups excluding carboxylic acids is 2. The number of aromatic nitrogens is 1. The number of hydrogen-bond acceptors (Lipinski definition) is 2. The van der Waals surface area contributed by atoms with Gasteiger partial charge in [0.2, 0.25) is 0 Å². The van der Waals surface area contributed by atoms with Crippen LogP contribution in [0.2, 0.25) is 0 Å². The summed E-state index contributed by atoms with van der Waals surface area (Å²) in [6.45, 7) is 0. The molecule has 0 radical (unpaired) electrons. The summed E-state index contributed by atoms with van der Waals surface area (Å²) in [7, 11) is 1.82. The van der Waals surface area contributed by atoms with E-state index in [1.54, 1.807) is 34.9 Å². The van der Waals surface area contributed by atoms with Gasteiger partial charge in [-0.3, -0.25) is 9.59 Å². The molecular weight excluding hydrogens is 266 g/mol. The summed E-state index contributed by atoms with van der Waals surface area (Å²) in [4.78, 5) is 23.9. The summed E-state index contributed by atoms with van der Waals surface area (Å²) in [5.41, 5.74) is 1.87. The molecule has 0 spiro atoms. The van der Waals surface area contributed by atoms with Gasteiger partial charge in [0.1, 0.15) is 5.69 Å². The summed E-state index contributed by atoms with van der Waals surface area (Å²) >= 11 is 0. The summed E-state index contributed by atoms with van der Waals surface area (Å²) < 4.78 is 1.76. The lowest BCUT2D eigenvalue weighted by Gasteiger charge is -2.07. The quantitative estimate of drug-likeness (QED) is 0.903. The van der Waals surface area contributed by atoms with Crippen molar-refractivity contribution < 1.29 is 9.59 Å². The minimum atomic E-state index is -0.169. The lowest BCUT2D eigenvalue weighted by atomic mass is 10.2. The number of anilines is 1. The van der Waals surface area contributed by atoms with Crippen molar-refractivity contribution in [1.82, 2.24) is 9.88 Å². The fraction of sp³-hybridized carbons (Fsp3) is 0.250. The van der Waals surface area contributed by atoms with Crippen LogP contribution in [0.5, 0.6) is 0 Å². The second kappa shape index (κ2) is 5.44. The van der Waals surface area contributed by atoms with Crippen molar-refractivity contribution in [3.8, 4) is 0 Å². The van der Waals surface area contributed by atoms with Gasteiger partial charge in [-0.1, -0.05) is 0 Å². The molecule has 1 aliphatic rings. The maximum atomic E-state index is 12.1. The van der Waals surface area contributed by atoms with Gasteiger partial charge in [-0.25, -0.2) is 0 Å². The number of nitrogens with one attached hydrogen (secondary N) is 2. The van der Waals surface area contributed by atoms with Crippen LogP contribution >= 0.6 is 0 Å². The van der Waals surface area contributed by atoms with Crippen molar-refractivity contribution in [3.05, 3.63) is 53.9 Å². The third-order valence-corrected chi connectivity index (χ3v) is 3.49. The molecule has 2 amide bonds. The minimum absolute atomic E-state index is 0.0576. The van der Waals surface area contributed by atoms with E-state index in [0.717, 1.165) is 12.8 Å². The van der Waals surface area contributed by atoms with E-state index in [9.17, 15) is 9.59 Å². The molecule has 0 aliphatic heterocycles. The Bertz CT molecular complexity index is 669. The summed E-state index contributed by atoms with van der Waals surface area (Å²) in [5, 5.41) is 5.74. The van der Waals surface area contributed by atoms with E-state index in [1.165, 1.54) is 0 Å². The third kappa shape index (κ3) is 3.13. The van der Waals surface area contributed by atoms with Crippen LogP contribution in [0.4, 0.5) is 5.69 Å². The zero-order chi connectivity index (χ0) is 14.8. The minimum Gasteiger partial charge on any atom is -0.349 e. The van der Waals surface area contributed by atoms with Gasteiger partial charge in [0.15, 0.2) is 0 Å². The third-order valence-electron chi connectivity index (χ3n) is 3.49. The highest BCUT2D eigenvalue weighted by atomic mass is 16.2. The molecule has 21 heavy (non-hydrogen) atoms. The van der Waals surface area contributed by atoms with E-state index in [1.807, 2.05) is 19.3 Å². The van der Waals surface area contributed by atoms with Gasteiger partial charge < -0.3 is 15.2 Å². The lowest BCUT2D eigenvalue weighted by molar-refractivity contribution is 0.0950. The summed E-state index contributed by atoms with van der Waals surface area (Å²) in [5.74, 6) is -0.226. The zero-order valence-corrected chi connectivity index (χ0v) is 11.8. The van der Waals surface area contributed by atoms with E-state index < -0.39 is 0 Å². The zero-order valence-electron chi connectivity index (χ0n) is 11.8. The van der Waals surface area contributed by atoms with Crippen LogP contribution in [-0.4, -0.2) is 22.4 Å². The molecule has 0 bridgehead atoms. The molecule has 5 nitrogen and oxygen atoms in total. The highest BCUT2D eigenvalue weighted by molar-refractivity contribution is 6.03. The second-order valence-electron chi connectivity index (χ2n) is 5.28. The predicted molar refractivity (Wildman–Crippen MR) is 80.3 cm³/mol. The van der Waals surface area contributed by atoms with Gasteiger partial charge in [-0.15, -0.1) is 0 Å². The van der Waals surface area contributed by atoms with Crippen LogP contribution in [0, 0.1) is 0 Å². The van der Waals surface area contributed by atoms with Crippen molar-refractivity contribution in [3.63, 3.8) is 0 Å². The normalized spacial score (nSPS) is 13.8. The van der Waals surface area contributed by atoms with Gasteiger partial charge in [0, 0.05) is 30.5 Å². The second-order valence-corrected chi connectivity index (χ2v) is 5.28. The first-order valence-corrected chi connectivity index (χ1v) is 6.97. The molecule has 0 atom stereocenters. The van der Waals surface area contributed by atoms with Crippen molar-refractivity contribution in [2.45, 2.75) is 18.9 Å². The Morgan fingerprint density at radius 2 is 1.81 bits per heavy atom. The largest absolute Gasteiger partial charge is 0.349 e. The molecule has 1 fully saturated rings. The first-order valence-electron chi connectivity index (χ1n) is 6.97. The first kappa shape index (κ1) is 13.4. The first-order chi connectivity index (χ1) is 10.1. The van der Waals surface area contributed by atoms with E-state index in [4.69, 9.17) is 0 Å². The SMILES string of the molecule is Cn1cccc1C(=O)Nc1ccc(C(=O)NC2CC2)cc1. The van der Waals surface area contributed by atoms with Crippen LogP contribution in [0.3, 0.4) is 0 Å². The monoisotopic (exact) mass is 283 g/mol. The highest BCUT2D eigenvalue weighted by Gasteiger charge is 2.23. The molecule has 0 unspecified atom stereocenters. The number of carbonyl (C=O) groups is 2. The Hall–Kier alpha value is -2.56. The molecule has 108 valence electrons. The molecular formula is C16H17N3O2. The Balaban J connectivity index is 1.65. The van der Waals surface area contributed by atoms with Crippen molar-refractivity contribution in [2.75, 3.05) is 5.32 Å². The topological polar surface area (TPSA) is 63.1 Å². The van der Waals surface area contributed by atoms with E-state index in [-0.39, 0.29) is 11.8 Å². The molecule has 1 aromatic heterocycles. The summed E-state index contributed by atoms with van der Waals surface area (Å²) in [6, 6.07) is 10.8. The van der Waals surface area contributed by atoms with Crippen molar-refractivity contribution in [1.29, 1.82) is 0 Å². The average Bonchev–Trinajstić information content (AvgIpc) is 3.18. The fourth-order valence-electron chi connectivity index (χ4n) is 2.09. The molecule has 3 rings (SSSR count). The number of benzene rings is 1. The number of hydrogen-bond donors (Lipinski definition) is 2. The molecule has 1 aliphatic carbocycles.